The van der Waals surface area contributed by atoms with E-state index in [4.69, 9.17) is 4.74 Å². The van der Waals surface area contributed by atoms with Crippen LogP contribution in [0.3, 0.4) is 0 Å². The van der Waals surface area contributed by atoms with E-state index in [1.807, 2.05) is 0 Å². The minimum absolute atomic E-state index is 0.0284. The maximum atomic E-state index is 13.6. The summed E-state index contributed by atoms with van der Waals surface area (Å²) in [6.45, 7) is 0.402. The van der Waals surface area contributed by atoms with Crippen LogP contribution < -0.4 is 4.74 Å². The molecule has 0 atom stereocenters. The molecule has 31 heavy (non-hydrogen) atoms. The Morgan fingerprint density at radius 2 is 1.68 bits per heavy atom. The van der Waals surface area contributed by atoms with Gasteiger partial charge in [0.25, 0.3) is 5.91 Å². The highest BCUT2D eigenvalue weighted by Crippen LogP contribution is 2.26. The van der Waals surface area contributed by atoms with Gasteiger partial charge in [-0.2, -0.15) is 4.31 Å². The Kier molecular flexibility index (Phi) is 7.67. The van der Waals surface area contributed by atoms with E-state index in [-0.39, 0.29) is 35.7 Å². The van der Waals surface area contributed by atoms with Crippen LogP contribution in [0.1, 0.15) is 42.5 Å². The molecule has 1 amide bonds. The fourth-order valence-electron chi connectivity index (χ4n) is 3.75. The second-order valence-electron chi connectivity index (χ2n) is 7.84. The van der Waals surface area contributed by atoms with E-state index in [0.29, 0.717) is 5.56 Å². The zero-order chi connectivity index (χ0) is 22.4. The summed E-state index contributed by atoms with van der Waals surface area (Å²) < 4.78 is 46.3. The number of halogens is 1. The normalized spacial score (nSPS) is 15.1. The molecule has 0 bridgehead atoms. The number of carbonyl (C=O) groups is 1. The second kappa shape index (κ2) is 10.2. The summed E-state index contributed by atoms with van der Waals surface area (Å²) in [6, 6.07) is 12.1. The van der Waals surface area contributed by atoms with Gasteiger partial charge in [-0.1, -0.05) is 31.4 Å². The summed E-state index contributed by atoms with van der Waals surface area (Å²) in [7, 11) is -0.345. The molecule has 1 saturated carbocycles. The molecule has 0 heterocycles. The minimum Gasteiger partial charge on any atom is -0.489 e. The van der Waals surface area contributed by atoms with Gasteiger partial charge in [-0.3, -0.25) is 4.79 Å². The van der Waals surface area contributed by atoms with Gasteiger partial charge < -0.3 is 9.64 Å². The van der Waals surface area contributed by atoms with Crippen LogP contribution in [0.25, 0.3) is 0 Å². The van der Waals surface area contributed by atoms with E-state index in [0.717, 1.165) is 32.1 Å². The van der Waals surface area contributed by atoms with Crippen molar-refractivity contribution < 1.29 is 22.3 Å². The Morgan fingerprint density at radius 1 is 1.03 bits per heavy atom. The SMILES string of the molecule is CN(CCOc1ccccc1F)C(=O)c1ccc(S(=O)(=O)N(C)C2CCCCC2)cc1. The molecule has 3 rings (SSSR count). The van der Waals surface area contributed by atoms with Gasteiger partial charge in [0, 0.05) is 25.7 Å². The molecule has 1 fully saturated rings. The monoisotopic (exact) mass is 448 g/mol. The standard InChI is InChI=1S/C23H29FN2O4S/c1-25(16-17-30-22-11-7-6-10-21(22)24)23(27)18-12-14-20(15-13-18)31(28,29)26(2)19-8-4-3-5-9-19/h6-7,10-15,19H,3-5,8-9,16-17H2,1-2H3. The van der Waals surface area contributed by atoms with Crippen molar-refractivity contribution in [1.82, 2.24) is 9.21 Å². The van der Waals surface area contributed by atoms with Gasteiger partial charge >= 0.3 is 0 Å². The zero-order valence-electron chi connectivity index (χ0n) is 18.0. The first-order valence-electron chi connectivity index (χ1n) is 10.5. The largest absolute Gasteiger partial charge is 0.489 e. The Balaban J connectivity index is 1.59. The predicted molar refractivity (Wildman–Crippen MR) is 117 cm³/mol. The van der Waals surface area contributed by atoms with Crippen molar-refractivity contribution >= 4 is 15.9 Å². The molecule has 0 saturated heterocycles. The van der Waals surface area contributed by atoms with Gasteiger partial charge in [0.1, 0.15) is 6.61 Å². The molecule has 168 valence electrons. The number of para-hydroxylation sites is 1. The van der Waals surface area contributed by atoms with Gasteiger partial charge in [0.2, 0.25) is 10.0 Å². The highest BCUT2D eigenvalue weighted by Gasteiger charge is 2.29. The molecule has 1 aliphatic rings. The molecule has 2 aromatic rings. The smallest absolute Gasteiger partial charge is 0.253 e. The highest BCUT2D eigenvalue weighted by atomic mass is 32.2. The number of hydrogen-bond donors (Lipinski definition) is 0. The molecular formula is C23H29FN2O4S. The van der Waals surface area contributed by atoms with Crippen molar-refractivity contribution in [3.05, 3.63) is 59.9 Å². The first-order chi connectivity index (χ1) is 14.8. The summed E-state index contributed by atoms with van der Waals surface area (Å²) in [6.07, 6.45) is 5.01. The molecule has 2 aromatic carbocycles. The third-order valence-corrected chi connectivity index (χ3v) is 7.66. The van der Waals surface area contributed by atoms with Crippen molar-refractivity contribution in [3.63, 3.8) is 0 Å². The average molecular weight is 449 g/mol. The number of nitrogens with zero attached hydrogens (tertiary/aromatic N) is 2. The zero-order valence-corrected chi connectivity index (χ0v) is 18.8. The lowest BCUT2D eigenvalue weighted by molar-refractivity contribution is 0.0773. The van der Waals surface area contributed by atoms with Crippen molar-refractivity contribution in [3.8, 4) is 5.75 Å². The van der Waals surface area contributed by atoms with E-state index in [2.05, 4.69) is 0 Å². The maximum Gasteiger partial charge on any atom is 0.253 e. The third kappa shape index (κ3) is 5.62. The van der Waals surface area contributed by atoms with E-state index >= 15 is 0 Å². The van der Waals surface area contributed by atoms with Crippen LogP contribution in [0, 0.1) is 5.82 Å². The molecule has 0 unspecified atom stereocenters. The van der Waals surface area contributed by atoms with Gasteiger partial charge in [-0.05, 0) is 49.2 Å². The van der Waals surface area contributed by atoms with Crippen LogP contribution in [0.2, 0.25) is 0 Å². The number of sulfonamides is 1. The van der Waals surface area contributed by atoms with Crippen molar-refractivity contribution in [2.75, 3.05) is 27.2 Å². The summed E-state index contributed by atoms with van der Waals surface area (Å²) in [5.41, 5.74) is 0.382. The first-order valence-corrected chi connectivity index (χ1v) is 12.0. The molecule has 0 spiro atoms. The van der Waals surface area contributed by atoms with Crippen LogP contribution in [-0.2, 0) is 10.0 Å². The van der Waals surface area contributed by atoms with E-state index < -0.39 is 15.8 Å². The maximum absolute atomic E-state index is 13.6. The third-order valence-electron chi connectivity index (χ3n) is 5.73. The Labute approximate surface area is 183 Å². The number of ether oxygens (including phenoxy) is 1. The number of rotatable bonds is 8. The van der Waals surface area contributed by atoms with E-state index in [9.17, 15) is 17.6 Å². The quantitative estimate of drug-likeness (QED) is 0.614. The molecule has 0 aliphatic heterocycles. The van der Waals surface area contributed by atoms with Gasteiger partial charge in [0.15, 0.2) is 11.6 Å². The van der Waals surface area contributed by atoms with Crippen LogP contribution >= 0.6 is 0 Å². The summed E-state index contributed by atoms with van der Waals surface area (Å²) in [4.78, 5) is 14.3. The minimum atomic E-state index is -3.60. The Bertz CT molecular complexity index is 989. The van der Waals surface area contributed by atoms with Gasteiger partial charge in [-0.25, -0.2) is 12.8 Å². The van der Waals surface area contributed by atoms with E-state index in [1.54, 1.807) is 26.2 Å². The number of carbonyl (C=O) groups excluding carboxylic acids is 1. The number of hydrogen-bond acceptors (Lipinski definition) is 4. The Morgan fingerprint density at radius 3 is 2.32 bits per heavy atom. The number of likely N-dealkylation sites (N-methyl/N-ethyl adjacent to an activating group) is 1. The molecule has 6 nitrogen and oxygen atoms in total. The van der Waals surface area contributed by atoms with Crippen LogP contribution in [-0.4, -0.2) is 56.8 Å². The lowest BCUT2D eigenvalue weighted by Crippen LogP contribution is -2.38. The Hall–Kier alpha value is -2.45. The fourth-order valence-corrected chi connectivity index (χ4v) is 5.17. The van der Waals surface area contributed by atoms with Crippen molar-refractivity contribution in [2.24, 2.45) is 0 Å². The van der Waals surface area contributed by atoms with Gasteiger partial charge in [0.05, 0.1) is 11.4 Å². The number of amides is 1. The molecule has 8 heteroatoms. The molecule has 0 radical (unpaired) electrons. The average Bonchev–Trinajstić information content (AvgIpc) is 2.80. The molecule has 0 N–H and O–H groups in total. The van der Waals surface area contributed by atoms with Gasteiger partial charge in [-0.15, -0.1) is 0 Å². The lowest BCUT2D eigenvalue weighted by atomic mass is 9.96. The van der Waals surface area contributed by atoms with Crippen LogP contribution in [0.5, 0.6) is 5.75 Å². The summed E-state index contributed by atoms with van der Waals surface area (Å²) in [5, 5.41) is 0. The topological polar surface area (TPSA) is 66.9 Å². The van der Waals surface area contributed by atoms with Crippen LogP contribution in [0.4, 0.5) is 4.39 Å². The summed E-state index contributed by atoms with van der Waals surface area (Å²) in [5.74, 6) is -0.576. The molecule has 1 aliphatic carbocycles. The second-order valence-corrected chi connectivity index (χ2v) is 9.84. The van der Waals surface area contributed by atoms with Crippen LogP contribution in [0.15, 0.2) is 53.4 Å². The summed E-state index contributed by atoms with van der Waals surface area (Å²) >= 11 is 0. The number of benzene rings is 2. The highest BCUT2D eigenvalue weighted by molar-refractivity contribution is 7.89. The van der Waals surface area contributed by atoms with Crippen molar-refractivity contribution in [1.29, 1.82) is 0 Å². The van der Waals surface area contributed by atoms with Crippen molar-refractivity contribution in [2.45, 2.75) is 43.0 Å². The predicted octanol–water partition coefficient (Wildman–Crippen LogP) is 3.93. The fraction of sp³-hybridized carbons (Fsp3) is 0.435. The lowest BCUT2D eigenvalue weighted by Gasteiger charge is -2.30. The van der Waals surface area contributed by atoms with E-state index in [1.165, 1.54) is 45.6 Å². The molecule has 0 aromatic heterocycles. The molecular weight excluding hydrogens is 419 g/mol. The first kappa shape index (κ1) is 23.2.